The first kappa shape index (κ1) is 25.7. The molecule has 11 nitrogen and oxygen atoms in total. The number of nitrogens with one attached hydrogen (secondary N) is 1. The number of anilines is 2. The van der Waals surface area contributed by atoms with Crippen molar-refractivity contribution in [1.29, 1.82) is 5.26 Å². The van der Waals surface area contributed by atoms with Crippen LogP contribution in [0.15, 0.2) is 15.8 Å². The van der Waals surface area contributed by atoms with Crippen molar-refractivity contribution >= 4 is 23.1 Å². The van der Waals surface area contributed by atoms with Crippen molar-refractivity contribution in [1.82, 2.24) is 24.1 Å². The van der Waals surface area contributed by atoms with Crippen LogP contribution in [0.25, 0.3) is 5.65 Å². The lowest BCUT2D eigenvalue weighted by Crippen LogP contribution is -2.42. The summed E-state index contributed by atoms with van der Waals surface area (Å²) >= 11 is 0. The first-order chi connectivity index (χ1) is 16.6. The maximum atomic E-state index is 13.4. The van der Waals surface area contributed by atoms with Crippen molar-refractivity contribution in [2.45, 2.75) is 66.8 Å². The fraction of sp³-hybridized carbons (Fsp3) is 0.500. The van der Waals surface area contributed by atoms with Crippen LogP contribution in [-0.2, 0) is 17.8 Å². The molecule has 0 atom stereocenters. The van der Waals surface area contributed by atoms with Gasteiger partial charge in [-0.3, -0.25) is 19.1 Å². The molecular formula is C24H32N8O3. The number of unbranched alkanes of at least 4 members (excludes halogenated alkanes) is 1. The molecule has 0 unspecified atom stereocenters. The molecule has 3 aromatic rings. The first-order valence-corrected chi connectivity index (χ1v) is 11.8. The SMILES string of the molecule is CCCCn1c(N)c(N(CC(C)C)C(=O)CCc2c(C)nc3c(C#N)cnn3c2C)c(=O)[nH]c1=O. The summed E-state index contributed by atoms with van der Waals surface area (Å²) in [7, 11) is 0. The topological polar surface area (TPSA) is 155 Å². The average molecular weight is 481 g/mol. The third-order valence-corrected chi connectivity index (χ3v) is 5.99. The van der Waals surface area contributed by atoms with Gasteiger partial charge in [-0.05, 0) is 38.2 Å². The Balaban J connectivity index is 1.97. The number of aryl methyl sites for hydroxylation is 2. The lowest BCUT2D eigenvalue weighted by Gasteiger charge is -2.26. The van der Waals surface area contributed by atoms with Crippen molar-refractivity contribution in [2.24, 2.45) is 5.92 Å². The van der Waals surface area contributed by atoms with E-state index >= 15 is 0 Å². The number of carbonyl (C=O) groups is 1. The van der Waals surface area contributed by atoms with Crippen molar-refractivity contribution in [2.75, 3.05) is 17.2 Å². The molecule has 0 fully saturated rings. The number of aromatic amines is 1. The van der Waals surface area contributed by atoms with E-state index in [-0.39, 0.29) is 36.3 Å². The molecule has 0 saturated heterocycles. The predicted molar refractivity (Wildman–Crippen MR) is 133 cm³/mol. The van der Waals surface area contributed by atoms with Gasteiger partial charge in [0.1, 0.15) is 17.5 Å². The van der Waals surface area contributed by atoms with Crippen LogP contribution in [0.4, 0.5) is 11.5 Å². The molecule has 1 amide bonds. The molecule has 0 spiro atoms. The second-order valence-electron chi connectivity index (χ2n) is 9.06. The minimum Gasteiger partial charge on any atom is -0.383 e. The molecule has 0 aromatic carbocycles. The Morgan fingerprint density at radius 3 is 2.66 bits per heavy atom. The van der Waals surface area contributed by atoms with Crippen LogP contribution in [-0.4, -0.2) is 36.6 Å². The summed E-state index contributed by atoms with van der Waals surface area (Å²) < 4.78 is 2.92. The van der Waals surface area contributed by atoms with Gasteiger partial charge >= 0.3 is 5.69 Å². The molecule has 0 radical (unpaired) electrons. The van der Waals surface area contributed by atoms with Crippen LogP contribution in [0.5, 0.6) is 0 Å². The Labute approximate surface area is 203 Å². The molecule has 11 heteroatoms. The largest absolute Gasteiger partial charge is 0.383 e. The zero-order valence-electron chi connectivity index (χ0n) is 20.9. The van der Waals surface area contributed by atoms with Gasteiger partial charge in [-0.25, -0.2) is 14.3 Å². The third-order valence-electron chi connectivity index (χ3n) is 5.99. The van der Waals surface area contributed by atoms with E-state index in [1.165, 1.54) is 15.7 Å². The highest BCUT2D eigenvalue weighted by Gasteiger charge is 2.25. The van der Waals surface area contributed by atoms with Crippen LogP contribution >= 0.6 is 0 Å². The molecule has 3 heterocycles. The molecule has 0 aliphatic carbocycles. The maximum absolute atomic E-state index is 13.4. The molecule has 0 saturated carbocycles. The number of H-pyrrole nitrogens is 1. The van der Waals surface area contributed by atoms with Crippen molar-refractivity contribution in [3.8, 4) is 6.07 Å². The zero-order chi connectivity index (χ0) is 25.9. The number of amides is 1. The standard InChI is InChI=1S/C24H32N8O3/c1-6-7-10-30-21(26)20(23(34)29-24(30)35)31(13-14(2)3)19(33)9-8-18-15(4)28-22-17(11-25)12-27-32(22)16(18)5/h12,14H,6-10,13,26H2,1-5H3,(H,29,34,35). The summed E-state index contributed by atoms with van der Waals surface area (Å²) in [5.41, 5.74) is 8.24. The summed E-state index contributed by atoms with van der Waals surface area (Å²) in [4.78, 5) is 46.8. The predicted octanol–water partition coefficient (Wildman–Crippen LogP) is 2.07. The maximum Gasteiger partial charge on any atom is 0.330 e. The number of hydrogen-bond acceptors (Lipinski definition) is 7. The van der Waals surface area contributed by atoms with E-state index in [0.29, 0.717) is 36.3 Å². The van der Waals surface area contributed by atoms with Gasteiger partial charge in [0, 0.05) is 30.9 Å². The van der Waals surface area contributed by atoms with Crippen molar-refractivity contribution < 1.29 is 4.79 Å². The number of nitrogen functional groups attached to an aromatic ring is 1. The van der Waals surface area contributed by atoms with Gasteiger partial charge < -0.3 is 10.6 Å². The fourth-order valence-electron chi connectivity index (χ4n) is 4.18. The summed E-state index contributed by atoms with van der Waals surface area (Å²) in [6.45, 7) is 10.2. The van der Waals surface area contributed by atoms with Gasteiger partial charge in [0.05, 0.1) is 6.20 Å². The summed E-state index contributed by atoms with van der Waals surface area (Å²) in [6.07, 6.45) is 3.49. The average Bonchev–Trinajstić information content (AvgIpc) is 3.20. The number of nitriles is 1. The fourth-order valence-corrected chi connectivity index (χ4v) is 4.18. The van der Waals surface area contributed by atoms with Crippen LogP contribution in [0, 0.1) is 31.1 Å². The van der Waals surface area contributed by atoms with Crippen molar-refractivity contribution in [3.63, 3.8) is 0 Å². The van der Waals surface area contributed by atoms with E-state index < -0.39 is 11.2 Å². The Morgan fingerprint density at radius 2 is 2.03 bits per heavy atom. The number of aromatic nitrogens is 5. The molecule has 3 rings (SSSR count). The highest BCUT2D eigenvalue weighted by atomic mass is 16.2. The highest BCUT2D eigenvalue weighted by Crippen LogP contribution is 2.22. The number of nitrogens with zero attached hydrogens (tertiary/aromatic N) is 6. The molecule has 186 valence electrons. The van der Waals surface area contributed by atoms with E-state index in [1.54, 1.807) is 4.52 Å². The second-order valence-corrected chi connectivity index (χ2v) is 9.06. The summed E-state index contributed by atoms with van der Waals surface area (Å²) in [5.74, 6) is -0.227. The number of hydrogen-bond donors (Lipinski definition) is 2. The van der Waals surface area contributed by atoms with Crippen molar-refractivity contribution in [3.05, 3.63) is 49.5 Å². The lowest BCUT2D eigenvalue weighted by molar-refractivity contribution is -0.118. The molecule has 35 heavy (non-hydrogen) atoms. The molecule has 0 aliphatic rings. The van der Waals surface area contributed by atoms with E-state index in [1.807, 2.05) is 34.6 Å². The van der Waals surface area contributed by atoms with Gasteiger partial charge in [0.2, 0.25) is 5.91 Å². The zero-order valence-corrected chi connectivity index (χ0v) is 20.9. The van der Waals surface area contributed by atoms with E-state index in [9.17, 15) is 19.6 Å². The van der Waals surface area contributed by atoms with Gasteiger partial charge in [-0.1, -0.05) is 27.2 Å². The Kier molecular flexibility index (Phi) is 7.74. The lowest BCUT2D eigenvalue weighted by atomic mass is 10.1. The third kappa shape index (κ3) is 5.11. The number of carbonyl (C=O) groups excluding carboxylic acids is 1. The quantitative estimate of drug-likeness (QED) is 0.475. The highest BCUT2D eigenvalue weighted by molar-refractivity contribution is 5.95. The summed E-state index contributed by atoms with van der Waals surface area (Å²) in [6, 6.07) is 2.08. The van der Waals surface area contributed by atoms with Crippen LogP contribution in [0.1, 0.15) is 62.5 Å². The Bertz CT molecular complexity index is 1410. The number of rotatable bonds is 9. The van der Waals surface area contributed by atoms with E-state index in [2.05, 4.69) is 21.1 Å². The number of nitrogens with two attached hydrogens (primary N) is 1. The molecular weight excluding hydrogens is 448 g/mol. The smallest absolute Gasteiger partial charge is 0.330 e. The van der Waals surface area contributed by atoms with Gasteiger partial charge in [0.15, 0.2) is 11.3 Å². The number of fused-ring (bicyclic) bond motifs is 1. The Morgan fingerprint density at radius 1 is 1.31 bits per heavy atom. The normalized spacial score (nSPS) is 11.2. The van der Waals surface area contributed by atoms with E-state index in [4.69, 9.17) is 5.73 Å². The summed E-state index contributed by atoms with van der Waals surface area (Å²) in [5, 5.41) is 13.5. The molecule has 3 N–H and O–H groups in total. The minimum atomic E-state index is -0.676. The monoisotopic (exact) mass is 480 g/mol. The minimum absolute atomic E-state index is 0.00257. The second kappa shape index (κ2) is 10.5. The molecule has 0 bridgehead atoms. The van der Waals surface area contributed by atoms with Crippen LogP contribution < -0.4 is 21.9 Å². The first-order valence-electron chi connectivity index (χ1n) is 11.8. The van der Waals surface area contributed by atoms with E-state index in [0.717, 1.165) is 17.7 Å². The molecule has 3 aromatic heterocycles. The van der Waals surface area contributed by atoms with Crippen LogP contribution in [0.3, 0.4) is 0 Å². The molecule has 0 aliphatic heterocycles. The van der Waals surface area contributed by atoms with Gasteiger partial charge in [-0.2, -0.15) is 10.4 Å². The van der Waals surface area contributed by atoms with Gasteiger partial charge in [0.25, 0.3) is 5.56 Å². The van der Waals surface area contributed by atoms with Gasteiger partial charge in [-0.15, -0.1) is 0 Å². The van der Waals surface area contributed by atoms with Crippen LogP contribution in [0.2, 0.25) is 0 Å². The Hall–Kier alpha value is -3.94.